The minimum Gasteiger partial charge on any atom is -0.395 e. The van der Waals surface area contributed by atoms with Gasteiger partial charge in [0, 0.05) is 24.3 Å². The van der Waals surface area contributed by atoms with E-state index in [2.05, 4.69) is 10.3 Å². The predicted octanol–water partition coefficient (Wildman–Crippen LogP) is 0.678. The molecule has 0 spiro atoms. The van der Waals surface area contributed by atoms with Gasteiger partial charge in [-0.25, -0.2) is 0 Å². The summed E-state index contributed by atoms with van der Waals surface area (Å²) in [5.41, 5.74) is 1.06. The van der Waals surface area contributed by atoms with E-state index in [9.17, 15) is 0 Å². The van der Waals surface area contributed by atoms with Gasteiger partial charge in [-0.2, -0.15) is 0 Å². The fourth-order valence-electron chi connectivity index (χ4n) is 1.76. The average molecular weight is 232 g/mol. The largest absolute Gasteiger partial charge is 0.395 e. The molecule has 0 saturated heterocycles. The van der Waals surface area contributed by atoms with Crippen LogP contribution in [-0.2, 0) is 6.54 Å². The van der Waals surface area contributed by atoms with E-state index < -0.39 is 0 Å². The summed E-state index contributed by atoms with van der Waals surface area (Å²) >= 11 is 0. The van der Waals surface area contributed by atoms with Gasteiger partial charge in [-0.1, -0.05) is 24.3 Å². The Labute approximate surface area is 99.9 Å². The van der Waals surface area contributed by atoms with E-state index in [1.807, 2.05) is 30.5 Å². The second kappa shape index (κ2) is 5.72. The summed E-state index contributed by atoms with van der Waals surface area (Å²) in [5.74, 6) is 0. The minimum atomic E-state index is -0.283. The zero-order valence-corrected chi connectivity index (χ0v) is 9.50. The van der Waals surface area contributed by atoms with Gasteiger partial charge >= 0.3 is 0 Å². The molecule has 2 aromatic rings. The van der Waals surface area contributed by atoms with Crippen LogP contribution in [-0.4, -0.2) is 34.5 Å². The lowest BCUT2D eigenvalue weighted by Gasteiger charge is -2.14. The molecule has 0 aliphatic carbocycles. The van der Waals surface area contributed by atoms with Crippen molar-refractivity contribution in [2.45, 2.75) is 12.6 Å². The van der Waals surface area contributed by atoms with Crippen LogP contribution < -0.4 is 5.32 Å². The van der Waals surface area contributed by atoms with Gasteiger partial charge in [-0.3, -0.25) is 4.98 Å². The molecule has 1 heterocycles. The van der Waals surface area contributed by atoms with Crippen molar-refractivity contribution in [3.8, 4) is 0 Å². The van der Waals surface area contributed by atoms with Crippen molar-refractivity contribution in [1.29, 1.82) is 0 Å². The van der Waals surface area contributed by atoms with Crippen LogP contribution >= 0.6 is 0 Å². The third kappa shape index (κ3) is 2.79. The van der Waals surface area contributed by atoms with Gasteiger partial charge in [0.15, 0.2) is 0 Å². The van der Waals surface area contributed by atoms with Crippen molar-refractivity contribution in [1.82, 2.24) is 10.3 Å². The molecule has 0 fully saturated rings. The molecule has 3 N–H and O–H groups in total. The van der Waals surface area contributed by atoms with E-state index in [1.54, 1.807) is 6.20 Å². The SMILES string of the molecule is OCC(CO)NCc1cncc2ccccc12. The van der Waals surface area contributed by atoms with E-state index in [1.165, 1.54) is 0 Å². The lowest BCUT2D eigenvalue weighted by molar-refractivity contribution is 0.170. The van der Waals surface area contributed by atoms with Crippen molar-refractivity contribution in [2.75, 3.05) is 13.2 Å². The number of rotatable bonds is 5. The Morgan fingerprint density at radius 2 is 1.88 bits per heavy atom. The van der Waals surface area contributed by atoms with Gasteiger partial charge in [0.2, 0.25) is 0 Å². The van der Waals surface area contributed by atoms with Crippen molar-refractivity contribution in [3.05, 3.63) is 42.2 Å². The number of hydrogen-bond donors (Lipinski definition) is 3. The predicted molar refractivity (Wildman–Crippen MR) is 66.5 cm³/mol. The van der Waals surface area contributed by atoms with E-state index >= 15 is 0 Å². The topological polar surface area (TPSA) is 65.4 Å². The van der Waals surface area contributed by atoms with Crippen molar-refractivity contribution < 1.29 is 10.2 Å². The second-order valence-corrected chi connectivity index (χ2v) is 3.96. The molecule has 0 saturated carbocycles. The first-order chi connectivity index (χ1) is 8.35. The van der Waals surface area contributed by atoms with Crippen LogP contribution in [0.15, 0.2) is 36.7 Å². The number of fused-ring (bicyclic) bond motifs is 1. The maximum Gasteiger partial charge on any atom is 0.0607 e. The summed E-state index contributed by atoms with van der Waals surface area (Å²) in [6.45, 7) is 0.434. The van der Waals surface area contributed by atoms with E-state index in [4.69, 9.17) is 10.2 Å². The fraction of sp³-hybridized carbons (Fsp3) is 0.308. The molecule has 0 bridgehead atoms. The Kier molecular flexibility index (Phi) is 4.03. The molecule has 0 atom stereocenters. The fourth-order valence-corrected chi connectivity index (χ4v) is 1.76. The molecule has 0 aliphatic rings. The van der Waals surface area contributed by atoms with Gasteiger partial charge in [0.1, 0.15) is 0 Å². The smallest absolute Gasteiger partial charge is 0.0607 e. The molecule has 90 valence electrons. The molecule has 4 heteroatoms. The van der Waals surface area contributed by atoms with Gasteiger partial charge in [0.05, 0.1) is 19.3 Å². The van der Waals surface area contributed by atoms with Crippen LogP contribution in [0.1, 0.15) is 5.56 Å². The van der Waals surface area contributed by atoms with Crippen molar-refractivity contribution in [2.24, 2.45) is 0 Å². The number of aromatic nitrogens is 1. The quantitative estimate of drug-likeness (QED) is 0.709. The Morgan fingerprint density at radius 3 is 2.65 bits per heavy atom. The normalized spacial score (nSPS) is 11.2. The second-order valence-electron chi connectivity index (χ2n) is 3.96. The zero-order chi connectivity index (χ0) is 12.1. The molecular formula is C13H16N2O2. The van der Waals surface area contributed by atoms with E-state index in [-0.39, 0.29) is 19.3 Å². The number of nitrogens with zero attached hydrogens (tertiary/aromatic N) is 1. The third-order valence-corrected chi connectivity index (χ3v) is 2.77. The summed E-state index contributed by atoms with van der Waals surface area (Å²) in [4.78, 5) is 4.18. The maximum atomic E-state index is 8.98. The molecule has 1 aromatic heterocycles. The highest BCUT2D eigenvalue weighted by molar-refractivity contribution is 5.84. The van der Waals surface area contributed by atoms with Gasteiger partial charge in [-0.05, 0) is 10.9 Å². The van der Waals surface area contributed by atoms with Crippen LogP contribution in [0.3, 0.4) is 0 Å². The number of aliphatic hydroxyl groups is 2. The Morgan fingerprint density at radius 1 is 1.12 bits per heavy atom. The molecule has 1 aromatic carbocycles. The minimum absolute atomic E-state index is 0.0747. The summed E-state index contributed by atoms with van der Waals surface area (Å²) in [6, 6.07) is 7.74. The summed E-state index contributed by atoms with van der Waals surface area (Å²) in [6.07, 6.45) is 3.63. The zero-order valence-electron chi connectivity index (χ0n) is 9.50. The Bertz CT molecular complexity index is 478. The first-order valence-electron chi connectivity index (χ1n) is 5.62. The van der Waals surface area contributed by atoms with Gasteiger partial charge in [-0.15, -0.1) is 0 Å². The van der Waals surface area contributed by atoms with Crippen molar-refractivity contribution in [3.63, 3.8) is 0 Å². The highest BCUT2D eigenvalue weighted by Crippen LogP contribution is 2.16. The molecule has 0 amide bonds. The molecule has 0 aliphatic heterocycles. The number of nitrogens with one attached hydrogen (secondary N) is 1. The number of pyridine rings is 1. The lowest BCUT2D eigenvalue weighted by Crippen LogP contribution is -2.35. The van der Waals surface area contributed by atoms with Crippen LogP contribution in [0, 0.1) is 0 Å². The molecule has 0 unspecified atom stereocenters. The van der Waals surface area contributed by atoms with E-state index in [0.29, 0.717) is 6.54 Å². The lowest BCUT2D eigenvalue weighted by atomic mass is 10.1. The summed E-state index contributed by atoms with van der Waals surface area (Å²) < 4.78 is 0. The number of hydrogen-bond acceptors (Lipinski definition) is 4. The summed E-state index contributed by atoms with van der Waals surface area (Å²) in [7, 11) is 0. The Hall–Kier alpha value is -1.49. The standard InChI is InChI=1S/C13H16N2O2/c16-8-12(9-17)15-7-11-6-14-5-10-3-1-2-4-13(10)11/h1-6,12,15-17H,7-9H2. The average Bonchev–Trinajstić information content (AvgIpc) is 2.40. The van der Waals surface area contributed by atoms with Crippen molar-refractivity contribution >= 4 is 10.8 Å². The number of benzene rings is 1. The first kappa shape index (κ1) is 12.0. The highest BCUT2D eigenvalue weighted by Gasteiger charge is 2.06. The molecular weight excluding hydrogens is 216 g/mol. The van der Waals surface area contributed by atoms with E-state index in [0.717, 1.165) is 16.3 Å². The van der Waals surface area contributed by atoms with Gasteiger partial charge in [0.25, 0.3) is 0 Å². The summed E-state index contributed by atoms with van der Waals surface area (Å²) in [5, 5.41) is 23.3. The van der Waals surface area contributed by atoms with Crippen LogP contribution in [0.5, 0.6) is 0 Å². The molecule has 17 heavy (non-hydrogen) atoms. The molecule has 0 radical (unpaired) electrons. The monoisotopic (exact) mass is 232 g/mol. The first-order valence-corrected chi connectivity index (χ1v) is 5.62. The van der Waals surface area contributed by atoms with Crippen LogP contribution in [0.2, 0.25) is 0 Å². The maximum absolute atomic E-state index is 8.98. The Balaban J connectivity index is 2.18. The number of aliphatic hydroxyl groups excluding tert-OH is 2. The third-order valence-electron chi connectivity index (χ3n) is 2.77. The van der Waals surface area contributed by atoms with Crippen LogP contribution in [0.4, 0.5) is 0 Å². The molecule has 2 rings (SSSR count). The van der Waals surface area contributed by atoms with Gasteiger partial charge < -0.3 is 15.5 Å². The molecule has 4 nitrogen and oxygen atoms in total. The highest BCUT2D eigenvalue weighted by atomic mass is 16.3. The van der Waals surface area contributed by atoms with Crippen LogP contribution in [0.25, 0.3) is 10.8 Å².